The molecule has 5 amide bonds. The largest absolute Gasteiger partial charge is 0.416 e. The third-order valence-corrected chi connectivity index (χ3v) is 9.02. The number of rotatable bonds is 9. The first-order valence-corrected chi connectivity index (χ1v) is 17.0. The number of halogens is 5. The minimum absolute atomic E-state index is 0.0134. The zero-order chi connectivity index (χ0) is 37.1. The van der Waals surface area contributed by atoms with Gasteiger partial charge in [-0.1, -0.05) is 42.5 Å². The van der Waals surface area contributed by atoms with E-state index in [1.807, 2.05) is 18.2 Å². The number of alkyl halides is 3. The van der Waals surface area contributed by atoms with Gasteiger partial charge in [-0.3, -0.25) is 24.0 Å². The van der Waals surface area contributed by atoms with Gasteiger partial charge < -0.3 is 26.6 Å². The highest BCUT2D eigenvalue weighted by molar-refractivity contribution is 8.00. The van der Waals surface area contributed by atoms with E-state index in [1.54, 1.807) is 12.1 Å². The first kappa shape index (κ1) is 38.8. The van der Waals surface area contributed by atoms with Crippen LogP contribution in [0, 0.1) is 11.6 Å². The summed E-state index contributed by atoms with van der Waals surface area (Å²) >= 11 is 0.929. The topological polar surface area (TPSA) is 151 Å². The summed E-state index contributed by atoms with van der Waals surface area (Å²) in [5.74, 6) is -6.21. The molecule has 3 atom stereocenters. The molecule has 1 heterocycles. The number of nitrogens with two attached hydrogens (primary N) is 1. The number of aryl methyl sites for hydroxylation is 1. The lowest BCUT2D eigenvalue weighted by Gasteiger charge is -2.28. The van der Waals surface area contributed by atoms with Crippen molar-refractivity contribution in [2.45, 2.75) is 50.0 Å². The normalized spacial score (nSPS) is 19.7. The molecule has 10 nitrogen and oxygen atoms in total. The van der Waals surface area contributed by atoms with Crippen LogP contribution in [-0.4, -0.2) is 77.2 Å². The fourth-order valence-corrected chi connectivity index (χ4v) is 6.26. The number of nitrogens with one attached hydrogen (secondary N) is 3. The van der Waals surface area contributed by atoms with Crippen LogP contribution in [0.4, 0.5) is 22.0 Å². The molecule has 0 aromatic heterocycles. The summed E-state index contributed by atoms with van der Waals surface area (Å²) < 4.78 is 67.6. The first-order chi connectivity index (χ1) is 24.2. The summed E-state index contributed by atoms with van der Waals surface area (Å²) in [5, 5.41) is 7.68. The molecule has 3 aromatic rings. The van der Waals surface area contributed by atoms with Gasteiger partial charge in [0.05, 0.1) is 17.9 Å². The molecule has 1 aliphatic heterocycles. The molecular weight excluding hydrogens is 697 g/mol. The third kappa shape index (κ3) is 12.1. The van der Waals surface area contributed by atoms with E-state index in [9.17, 15) is 45.9 Å². The fourth-order valence-electron chi connectivity index (χ4n) is 5.39. The third-order valence-electron chi connectivity index (χ3n) is 7.99. The Morgan fingerprint density at radius 2 is 1.43 bits per heavy atom. The number of benzene rings is 3. The second-order valence-electron chi connectivity index (χ2n) is 11.9. The standard InChI is InChI=1S/C35H36F5N5O5S/c36-25-14-23(15-26(37)17-25)16-28-34(50)45(13-12-22-6-9-24(10-7-22)35(38,39)40)18-30(46)42-27(11-8-21-4-2-1-3-5-21)33(49)44-29(32(41)48)19-51-20-31(47)43-28/h1-7,9-10,14-15,17,27-29H,8,11-13,16,18-20H2,(H2,41,48)(H,42,46)(H,43,47)(H,44,49)/t27-,28+,29-/m1/s1. The van der Waals surface area contributed by atoms with E-state index in [0.717, 1.165) is 46.5 Å². The van der Waals surface area contributed by atoms with E-state index < -0.39 is 77.6 Å². The molecular formula is C35H36F5N5O5S. The van der Waals surface area contributed by atoms with Gasteiger partial charge in [-0.05, 0) is 60.2 Å². The number of hydrogen-bond donors (Lipinski definition) is 4. The van der Waals surface area contributed by atoms with Crippen molar-refractivity contribution in [3.8, 4) is 0 Å². The number of primary amides is 1. The summed E-state index contributed by atoms with van der Waals surface area (Å²) in [4.78, 5) is 67.4. The SMILES string of the molecule is NC(=O)[C@H]1CSCC(=O)N[C@@H](Cc2cc(F)cc(F)c2)C(=O)N(CCc2ccc(C(F)(F)F)cc2)CC(=O)N[C@H](CCc2ccccc2)C(=O)N1. The number of carbonyl (C=O) groups excluding carboxylic acids is 5. The molecule has 3 aromatic carbocycles. The van der Waals surface area contributed by atoms with E-state index in [1.165, 1.54) is 12.1 Å². The molecule has 272 valence electrons. The quantitative estimate of drug-likeness (QED) is 0.249. The maximum atomic E-state index is 14.1. The molecule has 1 aliphatic rings. The van der Waals surface area contributed by atoms with Crippen LogP contribution in [0.15, 0.2) is 72.8 Å². The van der Waals surface area contributed by atoms with Crippen LogP contribution in [0.5, 0.6) is 0 Å². The van der Waals surface area contributed by atoms with E-state index in [0.29, 0.717) is 18.1 Å². The molecule has 4 rings (SSSR count). The van der Waals surface area contributed by atoms with Gasteiger partial charge in [-0.2, -0.15) is 13.2 Å². The zero-order valence-corrected chi connectivity index (χ0v) is 28.0. The Hall–Kier alpha value is -4.99. The Kier molecular flexibility index (Phi) is 13.5. The summed E-state index contributed by atoms with van der Waals surface area (Å²) in [5.41, 5.74) is 5.91. The summed E-state index contributed by atoms with van der Waals surface area (Å²) in [6, 6.07) is 12.0. The number of thioether (sulfide) groups is 1. The van der Waals surface area contributed by atoms with Crippen LogP contribution in [0.2, 0.25) is 0 Å². The smallest absolute Gasteiger partial charge is 0.368 e. The number of carbonyl (C=O) groups is 5. The zero-order valence-electron chi connectivity index (χ0n) is 27.2. The molecule has 0 spiro atoms. The van der Waals surface area contributed by atoms with Gasteiger partial charge in [0.1, 0.15) is 29.8 Å². The van der Waals surface area contributed by atoms with Crippen LogP contribution in [0.3, 0.4) is 0 Å². The summed E-state index contributed by atoms with van der Waals surface area (Å²) in [6.45, 7) is -0.882. The van der Waals surface area contributed by atoms with E-state index >= 15 is 0 Å². The van der Waals surface area contributed by atoms with Gasteiger partial charge in [0.25, 0.3) is 0 Å². The molecule has 51 heavy (non-hydrogen) atoms. The van der Waals surface area contributed by atoms with Gasteiger partial charge >= 0.3 is 6.18 Å². The molecule has 16 heteroatoms. The van der Waals surface area contributed by atoms with Crippen LogP contribution in [0.1, 0.15) is 28.7 Å². The van der Waals surface area contributed by atoms with E-state index in [2.05, 4.69) is 16.0 Å². The van der Waals surface area contributed by atoms with Crippen molar-refractivity contribution in [1.82, 2.24) is 20.9 Å². The lowest BCUT2D eigenvalue weighted by molar-refractivity contribution is -0.139. The maximum absolute atomic E-state index is 14.1. The molecule has 0 radical (unpaired) electrons. The van der Waals surface area contributed by atoms with E-state index in [-0.39, 0.29) is 42.9 Å². The fraction of sp³-hybridized carbons (Fsp3) is 0.343. The number of nitrogens with zero attached hydrogens (tertiary/aromatic N) is 1. The molecule has 0 aliphatic carbocycles. The molecule has 5 N–H and O–H groups in total. The second kappa shape index (κ2) is 17.8. The minimum atomic E-state index is -4.57. The predicted octanol–water partition coefficient (Wildman–Crippen LogP) is 2.92. The van der Waals surface area contributed by atoms with Crippen molar-refractivity contribution in [3.63, 3.8) is 0 Å². The first-order valence-electron chi connectivity index (χ1n) is 15.9. The van der Waals surface area contributed by atoms with Crippen LogP contribution >= 0.6 is 11.8 Å². The number of hydrogen-bond acceptors (Lipinski definition) is 6. The van der Waals surface area contributed by atoms with Gasteiger partial charge in [0.15, 0.2) is 0 Å². The Bertz CT molecular complexity index is 1690. The van der Waals surface area contributed by atoms with Crippen molar-refractivity contribution >= 4 is 41.3 Å². The predicted molar refractivity (Wildman–Crippen MR) is 179 cm³/mol. The van der Waals surface area contributed by atoms with Crippen molar-refractivity contribution in [3.05, 3.63) is 107 Å². The van der Waals surface area contributed by atoms with Crippen LogP contribution < -0.4 is 21.7 Å². The Morgan fingerprint density at radius 3 is 2.06 bits per heavy atom. The average Bonchev–Trinajstić information content (AvgIpc) is 3.06. The Labute approximate surface area is 294 Å². The van der Waals surface area contributed by atoms with Crippen molar-refractivity contribution in [2.75, 3.05) is 24.6 Å². The minimum Gasteiger partial charge on any atom is -0.368 e. The molecule has 1 saturated heterocycles. The van der Waals surface area contributed by atoms with Crippen LogP contribution in [0.25, 0.3) is 0 Å². The van der Waals surface area contributed by atoms with Crippen LogP contribution in [-0.2, 0) is 49.4 Å². The average molecular weight is 734 g/mol. The molecule has 1 fully saturated rings. The van der Waals surface area contributed by atoms with Gasteiger partial charge in [-0.15, -0.1) is 11.8 Å². The summed E-state index contributed by atoms with van der Waals surface area (Å²) in [6.07, 6.45) is -4.53. The highest BCUT2D eigenvalue weighted by Crippen LogP contribution is 2.29. The second-order valence-corrected chi connectivity index (χ2v) is 13.0. The van der Waals surface area contributed by atoms with Gasteiger partial charge in [0, 0.05) is 24.8 Å². The Balaban J connectivity index is 1.66. The number of amides is 5. The van der Waals surface area contributed by atoms with E-state index in [4.69, 9.17) is 5.73 Å². The summed E-state index contributed by atoms with van der Waals surface area (Å²) in [7, 11) is 0. The monoisotopic (exact) mass is 733 g/mol. The maximum Gasteiger partial charge on any atom is 0.416 e. The van der Waals surface area contributed by atoms with Gasteiger partial charge in [-0.25, -0.2) is 8.78 Å². The molecule has 0 saturated carbocycles. The lowest BCUT2D eigenvalue weighted by Crippen LogP contribution is -2.56. The highest BCUT2D eigenvalue weighted by atomic mass is 32.2. The van der Waals surface area contributed by atoms with Crippen molar-refractivity contribution in [2.24, 2.45) is 5.73 Å². The van der Waals surface area contributed by atoms with Crippen molar-refractivity contribution < 1.29 is 45.9 Å². The lowest BCUT2D eigenvalue weighted by atomic mass is 10.0. The molecule has 0 unspecified atom stereocenters. The van der Waals surface area contributed by atoms with Gasteiger partial charge in [0.2, 0.25) is 29.5 Å². The Morgan fingerprint density at radius 1 is 0.804 bits per heavy atom. The molecule has 0 bridgehead atoms. The van der Waals surface area contributed by atoms with Crippen molar-refractivity contribution in [1.29, 1.82) is 0 Å². The highest BCUT2D eigenvalue weighted by Gasteiger charge is 2.32.